The van der Waals surface area contributed by atoms with Gasteiger partial charge in [-0.2, -0.15) is 13.2 Å². The van der Waals surface area contributed by atoms with Crippen molar-refractivity contribution in [1.82, 2.24) is 19.5 Å². The fraction of sp³-hybridized carbons (Fsp3) is 0.545. The van der Waals surface area contributed by atoms with Crippen LogP contribution >= 0.6 is 0 Å². The van der Waals surface area contributed by atoms with Crippen LogP contribution < -0.4 is 5.32 Å². The minimum atomic E-state index is -4.68. The average Bonchev–Trinajstić information content (AvgIpc) is 3.01. The number of nitrogens with zero attached hydrogens (tertiary/aromatic N) is 4. The van der Waals surface area contributed by atoms with Crippen molar-refractivity contribution in [3.8, 4) is 0 Å². The quantitative estimate of drug-likeness (QED) is 0.656. The second-order valence-electron chi connectivity index (χ2n) is 4.75. The molecule has 2 aromatic heterocycles. The summed E-state index contributed by atoms with van der Waals surface area (Å²) in [6, 6.07) is 0. The summed E-state index contributed by atoms with van der Waals surface area (Å²) in [7, 11) is 0. The second kappa shape index (κ2) is 5.32. The van der Waals surface area contributed by atoms with E-state index in [-0.39, 0.29) is 24.2 Å². The number of aliphatic hydroxyl groups excluding tert-OH is 1. The highest BCUT2D eigenvalue weighted by Gasteiger charge is 2.37. The van der Waals surface area contributed by atoms with Crippen LogP contribution in [0.15, 0.2) is 12.7 Å². The highest BCUT2D eigenvalue weighted by molar-refractivity contribution is 5.82. The molecule has 3 rings (SSSR count). The number of imidazole rings is 1. The molecule has 1 aliphatic rings. The zero-order chi connectivity index (χ0) is 15.9. The van der Waals surface area contributed by atoms with Gasteiger partial charge >= 0.3 is 6.30 Å². The standard InChI is InChI=1S/C11H11F4N5O2/c12-6-1-5(2-21)22-10(6)20-4-18-7-8(19-11(13,14)15)16-3-17-9(7)20/h3-6,10,21H,1-2H2,(H,16,17,19)/t5-,6-,10+/m0/s1. The van der Waals surface area contributed by atoms with Crippen molar-refractivity contribution in [3.63, 3.8) is 0 Å². The molecule has 0 aliphatic carbocycles. The van der Waals surface area contributed by atoms with E-state index in [2.05, 4.69) is 15.0 Å². The Bertz CT molecular complexity index is 676. The van der Waals surface area contributed by atoms with Crippen molar-refractivity contribution in [2.24, 2.45) is 0 Å². The van der Waals surface area contributed by atoms with E-state index >= 15 is 0 Å². The number of hydrogen-bond acceptors (Lipinski definition) is 6. The topological polar surface area (TPSA) is 85.1 Å². The molecular weight excluding hydrogens is 310 g/mol. The lowest BCUT2D eigenvalue weighted by Crippen LogP contribution is -2.22. The number of rotatable bonds is 3. The zero-order valence-corrected chi connectivity index (χ0v) is 11.0. The van der Waals surface area contributed by atoms with Crippen molar-refractivity contribution < 1.29 is 27.4 Å². The van der Waals surface area contributed by atoms with Crippen molar-refractivity contribution in [2.75, 3.05) is 11.9 Å². The van der Waals surface area contributed by atoms with Crippen LogP contribution in [0.5, 0.6) is 0 Å². The van der Waals surface area contributed by atoms with Gasteiger partial charge in [-0.05, 0) is 0 Å². The third-order valence-electron chi connectivity index (χ3n) is 3.23. The first-order chi connectivity index (χ1) is 10.4. The largest absolute Gasteiger partial charge is 0.483 e. The van der Waals surface area contributed by atoms with Crippen LogP contribution in [0.1, 0.15) is 12.6 Å². The van der Waals surface area contributed by atoms with Gasteiger partial charge in [0, 0.05) is 6.42 Å². The maximum absolute atomic E-state index is 14.0. The summed E-state index contributed by atoms with van der Waals surface area (Å²) in [5, 5.41) is 10.3. The summed E-state index contributed by atoms with van der Waals surface area (Å²) >= 11 is 0. The number of halogens is 4. The lowest BCUT2D eigenvalue weighted by Gasteiger charge is -2.15. The summed E-state index contributed by atoms with van der Waals surface area (Å²) in [4.78, 5) is 11.1. The van der Waals surface area contributed by atoms with Gasteiger partial charge in [0.1, 0.15) is 12.5 Å². The molecule has 3 atom stereocenters. The van der Waals surface area contributed by atoms with Crippen molar-refractivity contribution >= 4 is 17.0 Å². The van der Waals surface area contributed by atoms with E-state index in [0.29, 0.717) is 0 Å². The van der Waals surface area contributed by atoms with Crippen molar-refractivity contribution in [2.45, 2.75) is 31.2 Å². The minimum absolute atomic E-state index is 0.00740. The molecule has 0 aromatic carbocycles. The Balaban J connectivity index is 1.98. The van der Waals surface area contributed by atoms with E-state index in [1.54, 1.807) is 0 Å². The summed E-state index contributed by atoms with van der Waals surface area (Å²) < 4.78 is 57.7. The van der Waals surface area contributed by atoms with Gasteiger partial charge in [0.25, 0.3) is 0 Å². The molecule has 0 saturated carbocycles. The first-order valence-corrected chi connectivity index (χ1v) is 6.32. The highest BCUT2D eigenvalue weighted by atomic mass is 19.4. The predicted octanol–water partition coefficient (Wildman–Crippen LogP) is 1.38. The number of aliphatic hydroxyl groups is 1. The van der Waals surface area contributed by atoms with Gasteiger partial charge in [-0.15, -0.1) is 0 Å². The molecule has 7 nitrogen and oxygen atoms in total. The van der Waals surface area contributed by atoms with Crippen LogP contribution in [-0.4, -0.2) is 49.8 Å². The third-order valence-corrected chi connectivity index (χ3v) is 3.23. The number of hydrogen-bond donors (Lipinski definition) is 2. The van der Waals surface area contributed by atoms with Gasteiger partial charge < -0.3 is 9.84 Å². The SMILES string of the molecule is OC[C@@H]1C[C@H](F)[C@H](n2cnc3c(NC(F)(F)F)ncnc32)O1. The number of nitrogens with one attached hydrogen (secondary N) is 1. The summed E-state index contributed by atoms with van der Waals surface area (Å²) in [5.74, 6) is -0.525. The number of alkyl halides is 4. The van der Waals surface area contributed by atoms with Gasteiger partial charge in [0.05, 0.1) is 19.0 Å². The lowest BCUT2D eigenvalue weighted by molar-refractivity contribution is -0.100. The van der Waals surface area contributed by atoms with Gasteiger partial charge in [0.2, 0.25) is 0 Å². The number of anilines is 1. The lowest BCUT2D eigenvalue weighted by atomic mass is 10.2. The van der Waals surface area contributed by atoms with E-state index in [0.717, 1.165) is 12.7 Å². The summed E-state index contributed by atoms with van der Waals surface area (Å²) in [6.07, 6.45) is -5.84. The maximum Gasteiger partial charge on any atom is 0.483 e. The third kappa shape index (κ3) is 2.68. The molecule has 1 saturated heterocycles. The summed E-state index contributed by atoms with van der Waals surface area (Å²) in [6.45, 7) is -0.348. The molecule has 0 unspecified atom stereocenters. The Morgan fingerprint density at radius 1 is 1.36 bits per heavy atom. The Morgan fingerprint density at radius 2 is 2.14 bits per heavy atom. The number of aromatic nitrogens is 4. The monoisotopic (exact) mass is 321 g/mol. The Morgan fingerprint density at radius 3 is 2.77 bits per heavy atom. The van der Waals surface area contributed by atoms with Crippen LogP contribution in [0.2, 0.25) is 0 Å². The first-order valence-electron chi connectivity index (χ1n) is 6.32. The molecule has 11 heteroatoms. The molecule has 1 fully saturated rings. The molecule has 0 radical (unpaired) electrons. The molecule has 0 amide bonds. The van der Waals surface area contributed by atoms with E-state index in [9.17, 15) is 17.6 Å². The molecule has 0 spiro atoms. The molecule has 0 bridgehead atoms. The number of ether oxygens (including phenoxy) is 1. The maximum atomic E-state index is 14.0. The van der Waals surface area contributed by atoms with Crippen molar-refractivity contribution in [3.05, 3.63) is 12.7 Å². The highest BCUT2D eigenvalue weighted by Crippen LogP contribution is 2.34. The van der Waals surface area contributed by atoms with Crippen LogP contribution in [0.25, 0.3) is 11.2 Å². The molecule has 2 N–H and O–H groups in total. The molecule has 3 heterocycles. The van der Waals surface area contributed by atoms with Crippen molar-refractivity contribution in [1.29, 1.82) is 0 Å². The van der Waals surface area contributed by atoms with E-state index in [1.165, 1.54) is 9.88 Å². The van der Waals surface area contributed by atoms with Crippen LogP contribution in [0.3, 0.4) is 0 Å². The smallest absolute Gasteiger partial charge is 0.394 e. The Hall–Kier alpha value is -2.01. The molecule has 120 valence electrons. The van der Waals surface area contributed by atoms with Gasteiger partial charge in [0.15, 0.2) is 23.2 Å². The molecule has 1 aliphatic heterocycles. The zero-order valence-electron chi connectivity index (χ0n) is 11.0. The fourth-order valence-electron chi connectivity index (χ4n) is 2.33. The predicted molar refractivity (Wildman–Crippen MR) is 65.5 cm³/mol. The van der Waals surface area contributed by atoms with Crippen LogP contribution in [0, 0.1) is 0 Å². The molecule has 2 aromatic rings. The summed E-state index contributed by atoms with van der Waals surface area (Å²) in [5.41, 5.74) is -0.143. The fourth-order valence-corrected chi connectivity index (χ4v) is 2.33. The van der Waals surface area contributed by atoms with E-state index in [4.69, 9.17) is 9.84 Å². The minimum Gasteiger partial charge on any atom is -0.394 e. The second-order valence-corrected chi connectivity index (χ2v) is 4.75. The van der Waals surface area contributed by atoms with E-state index in [1.807, 2.05) is 0 Å². The Labute approximate surface area is 120 Å². The normalized spacial score (nSPS) is 25.8. The molecule has 22 heavy (non-hydrogen) atoms. The van der Waals surface area contributed by atoms with E-state index < -0.39 is 30.6 Å². The average molecular weight is 321 g/mol. The van der Waals surface area contributed by atoms with Gasteiger partial charge in [-0.3, -0.25) is 9.88 Å². The van der Waals surface area contributed by atoms with Crippen LogP contribution in [0.4, 0.5) is 23.4 Å². The number of fused-ring (bicyclic) bond motifs is 1. The first kappa shape index (κ1) is 14.9. The van der Waals surface area contributed by atoms with Crippen LogP contribution in [-0.2, 0) is 4.74 Å². The van der Waals surface area contributed by atoms with Gasteiger partial charge in [-0.1, -0.05) is 0 Å². The molecular formula is C11H11F4N5O2. The van der Waals surface area contributed by atoms with Gasteiger partial charge in [-0.25, -0.2) is 19.3 Å². The Kier molecular flexibility index (Phi) is 3.60.